The zero-order chi connectivity index (χ0) is 12.8. The van der Waals surface area contributed by atoms with E-state index in [1.807, 2.05) is 0 Å². The molecule has 6 heteroatoms. The van der Waals surface area contributed by atoms with Crippen LogP contribution in [0.1, 0.15) is 18.5 Å². The third kappa shape index (κ3) is 3.39. The summed E-state index contributed by atoms with van der Waals surface area (Å²) in [6, 6.07) is 2.02. The van der Waals surface area contributed by atoms with E-state index < -0.39 is 18.2 Å². The van der Waals surface area contributed by atoms with E-state index >= 15 is 0 Å². The van der Waals surface area contributed by atoms with E-state index in [-0.39, 0.29) is 6.61 Å². The van der Waals surface area contributed by atoms with Gasteiger partial charge in [-0.15, -0.1) is 0 Å². The third-order valence-corrected chi connectivity index (χ3v) is 2.18. The van der Waals surface area contributed by atoms with Crippen LogP contribution in [0.15, 0.2) is 18.3 Å². The van der Waals surface area contributed by atoms with Gasteiger partial charge in [0.2, 0.25) is 12.1 Å². The minimum absolute atomic E-state index is 0.118. The molecule has 0 amide bonds. The summed E-state index contributed by atoms with van der Waals surface area (Å²) in [5, 5.41) is 0. The number of pyridine rings is 1. The number of hydrogen-bond acceptors (Lipinski definition) is 5. The lowest BCUT2D eigenvalue weighted by atomic mass is 10.1. The fourth-order valence-electron chi connectivity index (χ4n) is 1.25. The maximum Gasteiger partial charge on any atom is 0.342 e. The van der Waals surface area contributed by atoms with Crippen molar-refractivity contribution in [3.05, 3.63) is 23.9 Å². The average Bonchev–Trinajstić information content (AvgIpc) is 2.37. The standard InChI is InChI=1S/C11H15FN2O3/c1-3-17-11(15)9(12)10(13)7-4-5-8(16-2)14-6-7/h4-6,9-10H,3,13H2,1-2H3/t9?,10-/m0/s1. The van der Waals surface area contributed by atoms with Crippen LogP contribution in [0.25, 0.3) is 0 Å². The number of hydrogen-bond donors (Lipinski definition) is 1. The molecule has 0 saturated heterocycles. The zero-order valence-corrected chi connectivity index (χ0v) is 9.72. The van der Waals surface area contributed by atoms with E-state index in [0.717, 1.165) is 0 Å². The predicted molar refractivity (Wildman–Crippen MR) is 59.2 cm³/mol. The molecule has 0 fully saturated rings. The van der Waals surface area contributed by atoms with Crippen LogP contribution in [0.2, 0.25) is 0 Å². The second kappa shape index (κ2) is 6.15. The van der Waals surface area contributed by atoms with Crippen molar-refractivity contribution in [1.82, 2.24) is 4.98 Å². The first-order chi connectivity index (χ1) is 8.10. The molecule has 1 unspecified atom stereocenters. The van der Waals surface area contributed by atoms with E-state index in [4.69, 9.17) is 10.5 Å². The molecule has 0 bridgehead atoms. The van der Waals surface area contributed by atoms with E-state index in [1.54, 1.807) is 19.1 Å². The summed E-state index contributed by atoms with van der Waals surface area (Å²) in [5.74, 6) is -0.566. The van der Waals surface area contributed by atoms with Crippen molar-refractivity contribution in [2.75, 3.05) is 13.7 Å². The van der Waals surface area contributed by atoms with Gasteiger partial charge in [0, 0.05) is 12.3 Å². The Morgan fingerprint density at radius 2 is 2.29 bits per heavy atom. The molecular weight excluding hydrogens is 227 g/mol. The zero-order valence-electron chi connectivity index (χ0n) is 9.72. The van der Waals surface area contributed by atoms with Gasteiger partial charge in [-0.25, -0.2) is 14.2 Å². The van der Waals surface area contributed by atoms with Crippen LogP contribution in [-0.2, 0) is 9.53 Å². The van der Waals surface area contributed by atoms with Crippen LogP contribution in [0.4, 0.5) is 4.39 Å². The number of alkyl halides is 1. The van der Waals surface area contributed by atoms with Gasteiger partial charge in [0.25, 0.3) is 0 Å². The van der Waals surface area contributed by atoms with Crippen LogP contribution >= 0.6 is 0 Å². The molecule has 0 spiro atoms. The number of nitrogens with two attached hydrogens (primary N) is 1. The summed E-state index contributed by atoms with van der Waals surface area (Å²) in [6.45, 7) is 1.72. The molecular formula is C11H15FN2O3. The van der Waals surface area contributed by atoms with Crippen LogP contribution in [0, 0.1) is 0 Å². The Hall–Kier alpha value is -1.69. The van der Waals surface area contributed by atoms with E-state index in [0.29, 0.717) is 11.4 Å². The maximum atomic E-state index is 13.6. The molecule has 0 aromatic carbocycles. The van der Waals surface area contributed by atoms with Gasteiger partial charge in [-0.1, -0.05) is 6.07 Å². The Labute approximate surface area is 98.7 Å². The van der Waals surface area contributed by atoms with E-state index in [2.05, 4.69) is 9.72 Å². The van der Waals surface area contributed by atoms with E-state index in [9.17, 15) is 9.18 Å². The number of carbonyl (C=O) groups excluding carboxylic acids is 1. The SMILES string of the molecule is CCOC(=O)C(F)[C@@H](N)c1ccc(OC)nc1. The van der Waals surface area contributed by atoms with Crippen molar-refractivity contribution < 1.29 is 18.7 Å². The van der Waals surface area contributed by atoms with Gasteiger partial charge >= 0.3 is 5.97 Å². The summed E-state index contributed by atoms with van der Waals surface area (Å²) >= 11 is 0. The van der Waals surface area contributed by atoms with Crippen molar-refractivity contribution in [2.24, 2.45) is 5.73 Å². The molecule has 0 aliphatic carbocycles. The highest BCUT2D eigenvalue weighted by Crippen LogP contribution is 2.19. The van der Waals surface area contributed by atoms with Gasteiger partial charge < -0.3 is 15.2 Å². The van der Waals surface area contributed by atoms with Crippen LogP contribution in [-0.4, -0.2) is 30.8 Å². The molecule has 1 aromatic heterocycles. The first-order valence-electron chi connectivity index (χ1n) is 5.16. The fourth-order valence-corrected chi connectivity index (χ4v) is 1.25. The van der Waals surface area contributed by atoms with E-state index in [1.165, 1.54) is 13.3 Å². The number of rotatable bonds is 5. The Balaban J connectivity index is 2.73. The van der Waals surface area contributed by atoms with Crippen LogP contribution in [0.5, 0.6) is 5.88 Å². The van der Waals surface area contributed by atoms with Crippen molar-refractivity contribution >= 4 is 5.97 Å². The molecule has 1 rings (SSSR count). The topological polar surface area (TPSA) is 74.4 Å². The fraction of sp³-hybridized carbons (Fsp3) is 0.455. The van der Waals surface area contributed by atoms with Gasteiger partial charge in [-0.05, 0) is 12.5 Å². The first kappa shape index (κ1) is 13.4. The molecule has 0 radical (unpaired) electrons. The Morgan fingerprint density at radius 3 is 2.76 bits per heavy atom. The highest BCUT2D eigenvalue weighted by atomic mass is 19.1. The summed E-state index contributed by atoms with van der Waals surface area (Å²) in [5.41, 5.74) is 6.01. The minimum atomic E-state index is -1.90. The van der Waals surface area contributed by atoms with Gasteiger partial charge in [0.05, 0.1) is 19.8 Å². The lowest BCUT2D eigenvalue weighted by molar-refractivity contribution is -0.149. The second-order valence-corrected chi connectivity index (χ2v) is 3.31. The number of esters is 1. The number of carbonyl (C=O) groups is 1. The van der Waals surface area contributed by atoms with Crippen molar-refractivity contribution in [3.63, 3.8) is 0 Å². The molecule has 94 valence electrons. The normalized spacial score (nSPS) is 13.9. The first-order valence-corrected chi connectivity index (χ1v) is 5.16. The van der Waals surface area contributed by atoms with Gasteiger partial charge in [0.15, 0.2) is 0 Å². The summed E-state index contributed by atoms with van der Waals surface area (Å²) < 4.78 is 23.0. The predicted octanol–water partition coefficient (Wildman–Crippen LogP) is 0.991. The summed E-state index contributed by atoms with van der Waals surface area (Å²) in [7, 11) is 1.47. The number of halogens is 1. The second-order valence-electron chi connectivity index (χ2n) is 3.31. The largest absolute Gasteiger partial charge is 0.481 e. The monoisotopic (exact) mass is 242 g/mol. The summed E-state index contributed by atoms with van der Waals surface area (Å²) in [6.07, 6.45) is -0.528. The molecule has 2 N–H and O–H groups in total. The quantitative estimate of drug-likeness (QED) is 0.779. The van der Waals surface area contributed by atoms with Crippen molar-refractivity contribution in [2.45, 2.75) is 19.1 Å². The maximum absolute atomic E-state index is 13.6. The number of aromatic nitrogens is 1. The molecule has 2 atom stereocenters. The Kier molecular flexibility index (Phi) is 4.84. The van der Waals surface area contributed by atoms with Crippen molar-refractivity contribution in [3.8, 4) is 5.88 Å². The lowest BCUT2D eigenvalue weighted by Gasteiger charge is -2.15. The molecule has 0 saturated carbocycles. The smallest absolute Gasteiger partial charge is 0.342 e. The van der Waals surface area contributed by atoms with Crippen LogP contribution < -0.4 is 10.5 Å². The number of nitrogens with zero attached hydrogens (tertiary/aromatic N) is 1. The molecule has 17 heavy (non-hydrogen) atoms. The van der Waals surface area contributed by atoms with Crippen molar-refractivity contribution in [1.29, 1.82) is 0 Å². The third-order valence-electron chi connectivity index (χ3n) is 2.18. The van der Waals surface area contributed by atoms with Crippen LogP contribution in [0.3, 0.4) is 0 Å². The summed E-state index contributed by atoms with van der Waals surface area (Å²) in [4.78, 5) is 15.0. The van der Waals surface area contributed by atoms with Gasteiger partial charge in [-0.2, -0.15) is 0 Å². The average molecular weight is 242 g/mol. The highest BCUT2D eigenvalue weighted by Gasteiger charge is 2.27. The lowest BCUT2D eigenvalue weighted by Crippen LogP contribution is -2.31. The number of ether oxygens (including phenoxy) is 2. The van der Waals surface area contributed by atoms with Gasteiger partial charge in [-0.3, -0.25) is 0 Å². The Morgan fingerprint density at radius 1 is 1.59 bits per heavy atom. The molecule has 0 aliphatic heterocycles. The molecule has 1 heterocycles. The minimum Gasteiger partial charge on any atom is -0.481 e. The molecule has 0 aliphatic rings. The highest BCUT2D eigenvalue weighted by molar-refractivity contribution is 5.75. The number of methoxy groups -OCH3 is 1. The van der Waals surface area contributed by atoms with Gasteiger partial charge in [0.1, 0.15) is 0 Å². The molecule has 1 aromatic rings. The Bertz CT molecular complexity index is 369. The molecule has 5 nitrogen and oxygen atoms in total.